The minimum Gasteiger partial charge on any atom is -0.383 e. The number of benzene rings is 1. The van der Waals surface area contributed by atoms with Crippen molar-refractivity contribution >= 4 is 44.9 Å². The average molecular weight is 375 g/mol. The minimum absolute atomic E-state index is 0.428. The van der Waals surface area contributed by atoms with Crippen LogP contribution in [0.1, 0.15) is 19.5 Å². The second kappa shape index (κ2) is 6.29. The summed E-state index contributed by atoms with van der Waals surface area (Å²) in [4.78, 5) is 8.87. The summed E-state index contributed by atoms with van der Waals surface area (Å²) >= 11 is 15.4. The first-order chi connectivity index (χ1) is 9.38. The number of halogens is 3. The van der Waals surface area contributed by atoms with Gasteiger partial charge in [-0.15, -0.1) is 0 Å². The highest BCUT2D eigenvalue weighted by atomic mass is 79.9. The van der Waals surface area contributed by atoms with E-state index in [-0.39, 0.29) is 0 Å². The highest BCUT2D eigenvalue weighted by Crippen LogP contribution is 2.30. The highest BCUT2D eigenvalue weighted by molar-refractivity contribution is 9.10. The molecule has 0 fully saturated rings. The molecule has 106 valence electrons. The summed E-state index contributed by atoms with van der Waals surface area (Å²) in [5.74, 6) is 1.46. The van der Waals surface area contributed by atoms with Crippen molar-refractivity contribution in [1.82, 2.24) is 9.97 Å². The lowest BCUT2D eigenvalue weighted by Gasteiger charge is -2.11. The summed E-state index contributed by atoms with van der Waals surface area (Å²) < 4.78 is 0.759. The van der Waals surface area contributed by atoms with Crippen LogP contribution in [-0.4, -0.2) is 9.97 Å². The monoisotopic (exact) mass is 373 g/mol. The summed E-state index contributed by atoms with van der Waals surface area (Å²) in [5, 5.41) is 0.975. The fraction of sp³-hybridized carbons (Fsp3) is 0.286. The molecule has 0 saturated carbocycles. The molecule has 0 spiro atoms. The molecule has 2 N–H and O–H groups in total. The first-order valence-electron chi connectivity index (χ1n) is 6.15. The second-order valence-electron chi connectivity index (χ2n) is 4.92. The van der Waals surface area contributed by atoms with Gasteiger partial charge < -0.3 is 5.73 Å². The molecule has 0 saturated heterocycles. The largest absolute Gasteiger partial charge is 0.383 e. The number of aromatic nitrogens is 2. The van der Waals surface area contributed by atoms with E-state index in [1.807, 2.05) is 6.07 Å². The molecular weight excluding hydrogens is 361 g/mol. The predicted octanol–water partition coefficient (Wildman–Crippen LogP) is 4.99. The van der Waals surface area contributed by atoms with Gasteiger partial charge in [-0.25, -0.2) is 9.97 Å². The van der Waals surface area contributed by atoms with E-state index in [9.17, 15) is 0 Å². The van der Waals surface area contributed by atoms with Crippen molar-refractivity contribution in [1.29, 1.82) is 0 Å². The number of rotatable bonds is 3. The first kappa shape index (κ1) is 15.5. The van der Waals surface area contributed by atoms with Crippen molar-refractivity contribution in [3.05, 3.63) is 38.4 Å². The van der Waals surface area contributed by atoms with E-state index in [0.717, 1.165) is 22.2 Å². The third-order valence-electron chi connectivity index (χ3n) is 2.72. The maximum atomic E-state index is 6.03. The Morgan fingerprint density at radius 3 is 2.50 bits per heavy atom. The molecule has 0 amide bonds. The van der Waals surface area contributed by atoms with Crippen molar-refractivity contribution in [3.8, 4) is 11.4 Å². The minimum atomic E-state index is 0.428. The average Bonchev–Trinajstić information content (AvgIpc) is 2.37. The molecule has 2 aromatic rings. The Bertz CT molecular complexity index is 645. The molecule has 1 aromatic heterocycles. The second-order valence-corrected chi connectivity index (χ2v) is 6.53. The summed E-state index contributed by atoms with van der Waals surface area (Å²) in [5.41, 5.74) is 7.64. The van der Waals surface area contributed by atoms with Crippen LogP contribution < -0.4 is 5.73 Å². The zero-order valence-corrected chi connectivity index (χ0v) is 14.2. The molecule has 0 aliphatic rings. The van der Waals surface area contributed by atoms with Crippen LogP contribution in [-0.2, 0) is 6.42 Å². The fourth-order valence-electron chi connectivity index (χ4n) is 1.80. The standard InChI is InChI=1S/C14H14BrCl2N3/c1-7(2)5-11-12(15)13(18)20-14(19-11)8-3-4-9(16)10(17)6-8/h3-4,6-7H,5H2,1-2H3,(H2,18,19,20). The van der Waals surface area contributed by atoms with Crippen LogP contribution in [0.25, 0.3) is 11.4 Å². The molecule has 0 aliphatic heterocycles. The Morgan fingerprint density at radius 1 is 1.20 bits per heavy atom. The molecule has 0 unspecified atom stereocenters. The molecule has 0 atom stereocenters. The van der Waals surface area contributed by atoms with Gasteiger partial charge in [-0.05, 0) is 46.5 Å². The van der Waals surface area contributed by atoms with Gasteiger partial charge in [-0.3, -0.25) is 0 Å². The maximum absolute atomic E-state index is 6.03. The molecule has 0 aliphatic carbocycles. The SMILES string of the molecule is CC(C)Cc1nc(-c2ccc(Cl)c(Cl)c2)nc(N)c1Br. The lowest BCUT2D eigenvalue weighted by molar-refractivity contribution is 0.633. The Kier molecular flexibility index (Phi) is 4.89. The summed E-state index contributed by atoms with van der Waals surface area (Å²) in [7, 11) is 0. The van der Waals surface area contributed by atoms with Gasteiger partial charge in [-0.2, -0.15) is 0 Å². The lowest BCUT2D eigenvalue weighted by atomic mass is 10.1. The van der Waals surface area contributed by atoms with Crippen LogP contribution >= 0.6 is 39.1 Å². The molecule has 20 heavy (non-hydrogen) atoms. The molecule has 0 radical (unpaired) electrons. The van der Waals surface area contributed by atoms with E-state index < -0.39 is 0 Å². The van der Waals surface area contributed by atoms with E-state index in [2.05, 4.69) is 39.7 Å². The first-order valence-corrected chi connectivity index (χ1v) is 7.70. The molecule has 2 rings (SSSR count). The predicted molar refractivity (Wildman–Crippen MR) is 88.1 cm³/mol. The smallest absolute Gasteiger partial charge is 0.161 e. The van der Waals surface area contributed by atoms with Gasteiger partial charge >= 0.3 is 0 Å². The van der Waals surface area contributed by atoms with Crippen molar-refractivity contribution in [3.63, 3.8) is 0 Å². The molecule has 0 bridgehead atoms. The highest BCUT2D eigenvalue weighted by Gasteiger charge is 2.13. The van der Waals surface area contributed by atoms with Gasteiger partial charge in [0.1, 0.15) is 5.82 Å². The Balaban J connectivity index is 2.51. The van der Waals surface area contributed by atoms with Gasteiger partial charge in [0.25, 0.3) is 0 Å². The van der Waals surface area contributed by atoms with Gasteiger partial charge in [0.15, 0.2) is 5.82 Å². The molecule has 1 heterocycles. The van der Waals surface area contributed by atoms with Crippen molar-refractivity contribution in [2.75, 3.05) is 5.73 Å². The number of nitrogens with zero attached hydrogens (tertiary/aromatic N) is 2. The number of hydrogen-bond donors (Lipinski definition) is 1. The van der Waals surface area contributed by atoms with Crippen LogP contribution in [0.3, 0.4) is 0 Å². The van der Waals surface area contributed by atoms with Crippen LogP contribution in [0.15, 0.2) is 22.7 Å². The number of anilines is 1. The summed E-state index contributed by atoms with van der Waals surface area (Å²) in [6.07, 6.45) is 0.821. The van der Waals surface area contributed by atoms with Gasteiger partial charge in [-0.1, -0.05) is 37.0 Å². The van der Waals surface area contributed by atoms with E-state index in [1.165, 1.54) is 0 Å². The lowest BCUT2D eigenvalue weighted by Crippen LogP contribution is -2.05. The van der Waals surface area contributed by atoms with Crippen molar-refractivity contribution in [2.45, 2.75) is 20.3 Å². The summed E-state index contributed by atoms with van der Waals surface area (Å²) in [6, 6.07) is 5.30. The Hall–Kier alpha value is -0.840. The Labute approximate surface area is 136 Å². The van der Waals surface area contributed by atoms with E-state index in [4.69, 9.17) is 28.9 Å². The van der Waals surface area contributed by atoms with Crippen LogP contribution in [0.5, 0.6) is 0 Å². The molecule has 3 nitrogen and oxygen atoms in total. The number of nitrogen functional groups attached to an aromatic ring is 1. The van der Waals surface area contributed by atoms with E-state index in [1.54, 1.807) is 12.1 Å². The van der Waals surface area contributed by atoms with Gasteiger partial charge in [0, 0.05) is 5.56 Å². The van der Waals surface area contributed by atoms with E-state index in [0.29, 0.717) is 27.6 Å². The normalized spacial score (nSPS) is 11.1. The third-order valence-corrected chi connectivity index (χ3v) is 4.33. The van der Waals surface area contributed by atoms with E-state index >= 15 is 0 Å². The van der Waals surface area contributed by atoms with Gasteiger partial charge in [0.2, 0.25) is 0 Å². The number of hydrogen-bond acceptors (Lipinski definition) is 3. The zero-order chi connectivity index (χ0) is 14.9. The Morgan fingerprint density at radius 2 is 1.90 bits per heavy atom. The third kappa shape index (κ3) is 3.43. The molecule has 6 heteroatoms. The van der Waals surface area contributed by atoms with Crippen molar-refractivity contribution in [2.24, 2.45) is 5.92 Å². The maximum Gasteiger partial charge on any atom is 0.161 e. The summed E-state index contributed by atoms with van der Waals surface area (Å²) in [6.45, 7) is 4.26. The topological polar surface area (TPSA) is 51.8 Å². The zero-order valence-electron chi connectivity index (χ0n) is 11.1. The number of nitrogens with two attached hydrogens (primary N) is 1. The quantitative estimate of drug-likeness (QED) is 0.822. The van der Waals surface area contributed by atoms with Crippen LogP contribution in [0.2, 0.25) is 10.0 Å². The van der Waals surface area contributed by atoms with Gasteiger partial charge in [0.05, 0.1) is 20.2 Å². The molecular formula is C14H14BrCl2N3. The van der Waals surface area contributed by atoms with Crippen molar-refractivity contribution < 1.29 is 0 Å². The molecule has 1 aromatic carbocycles. The van der Waals surface area contributed by atoms with Crippen LogP contribution in [0, 0.1) is 5.92 Å². The fourth-order valence-corrected chi connectivity index (χ4v) is 2.44. The van der Waals surface area contributed by atoms with Crippen LogP contribution in [0.4, 0.5) is 5.82 Å².